The van der Waals surface area contributed by atoms with Crippen molar-refractivity contribution in [1.29, 1.82) is 0 Å². The van der Waals surface area contributed by atoms with Gasteiger partial charge in [-0.25, -0.2) is 8.78 Å². The summed E-state index contributed by atoms with van der Waals surface area (Å²) in [6.07, 6.45) is 1.53. The summed E-state index contributed by atoms with van der Waals surface area (Å²) < 4.78 is 31.9. The number of rotatable bonds is 7. The summed E-state index contributed by atoms with van der Waals surface area (Å²) in [7, 11) is 0. The van der Waals surface area contributed by atoms with Gasteiger partial charge in [0.25, 0.3) is 11.1 Å². The summed E-state index contributed by atoms with van der Waals surface area (Å²) in [6, 6.07) is 18.0. The van der Waals surface area contributed by atoms with Crippen LogP contribution in [-0.4, -0.2) is 28.5 Å². The molecule has 1 fully saturated rings. The minimum absolute atomic E-state index is 0.150. The molecule has 9 heteroatoms. The van der Waals surface area contributed by atoms with Crippen LogP contribution in [0.1, 0.15) is 11.1 Å². The van der Waals surface area contributed by atoms with Crippen molar-refractivity contribution in [2.75, 3.05) is 11.9 Å². The lowest BCUT2D eigenvalue weighted by Gasteiger charge is -2.12. The van der Waals surface area contributed by atoms with E-state index in [1.165, 1.54) is 42.5 Å². The number of carbonyl (C=O) groups is 3. The van der Waals surface area contributed by atoms with Gasteiger partial charge in [0.2, 0.25) is 5.91 Å². The normalized spacial score (nSPS) is 14.5. The quantitative estimate of drug-likeness (QED) is 0.470. The van der Waals surface area contributed by atoms with Crippen molar-refractivity contribution in [2.45, 2.75) is 6.61 Å². The molecule has 1 saturated heterocycles. The number of imide groups is 1. The summed E-state index contributed by atoms with van der Waals surface area (Å²) >= 11 is 0.723. The monoisotopic (exact) mass is 480 g/mol. The highest BCUT2D eigenvalue weighted by atomic mass is 32.2. The maximum absolute atomic E-state index is 13.1. The number of carbonyl (C=O) groups excluding carboxylic acids is 3. The first-order valence-corrected chi connectivity index (χ1v) is 11.0. The Morgan fingerprint density at radius 3 is 2.29 bits per heavy atom. The Hall–Kier alpha value is -3.98. The minimum atomic E-state index is -0.599. The molecule has 1 aliphatic heterocycles. The number of amides is 3. The second kappa shape index (κ2) is 10.3. The van der Waals surface area contributed by atoms with E-state index in [4.69, 9.17) is 4.74 Å². The molecule has 0 atom stereocenters. The highest BCUT2D eigenvalue weighted by Crippen LogP contribution is 2.34. The number of benzene rings is 3. The van der Waals surface area contributed by atoms with Crippen molar-refractivity contribution in [3.05, 3.63) is 100 Å². The molecule has 0 radical (unpaired) electrons. The molecular weight excluding hydrogens is 462 g/mol. The van der Waals surface area contributed by atoms with Crippen LogP contribution in [-0.2, 0) is 16.2 Å². The van der Waals surface area contributed by atoms with E-state index in [1.807, 2.05) is 0 Å². The third-order valence-corrected chi connectivity index (χ3v) is 5.72. The lowest BCUT2D eigenvalue weighted by Crippen LogP contribution is -2.36. The van der Waals surface area contributed by atoms with Crippen molar-refractivity contribution < 1.29 is 27.9 Å². The van der Waals surface area contributed by atoms with Crippen LogP contribution in [0, 0.1) is 11.6 Å². The Kier molecular flexibility index (Phi) is 7.03. The number of hydrogen-bond acceptors (Lipinski definition) is 5. The van der Waals surface area contributed by atoms with Crippen molar-refractivity contribution in [3.8, 4) is 5.75 Å². The number of nitrogens with zero attached hydrogens (tertiary/aromatic N) is 1. The van der Waals surface area contributed by atoms with Crippen LogP contribution < -0.4 is 10.1 Å². The predicted molar refractivity (Wildman–Crippen MR) is 125 cm³/mol. The second-order valence-corrected chi connectivity index (χ2v) is 8.27. The summed E-state index contributed by atoms with van der Waals surface area (Å²) in [4.78, 5) is 38.4. The molecule has 0 aromatic heterocycles. The van der Waals surface area contributed by atoms with Gasteiger partial charge in [-0.15, -0.1) is 0 Å². The molecule has 0 saturated carbocycles. The summed E-state index contributed by atoms with van der Waals surface area (Å²) in [5.74, 6) is -1.49. The Balaban J connectivity index is 1.44. The number of anilines is 1. The fraction of sp³-hybridized carbons (Fsp3) is 0.0800. The number of nitrogens with one attached hydrogen (secondary N) is 1. The zero-order valence-electron chi connectivity index (χ0n) is 17.7. The molecule has 3 aromatic carbocycles. The Labute approximate surface area is 198 Å². The Bertz CT molecular complexity index is 1260. The van der Waals surface area contributed by atoms with Crippen LogP contribution in [0.4, 0.5) is 19.3 Å². The molecule has 1 N–H and O–H groups in total. The van der Waals surface area contributed by atoms with Gasteiger partial charge in [-0.2, -0.15) is 0 Å². The van der Waals surface area contributed by atoms with Gasteiger partial charge in [0.05, 0.1) is 4.91 Å². The zero-order valence-corrected chi connectivity index (χ0v) is 18.5. The first-order chi connectivity index (χ1) is 16.4. The van der Waals surface area contributed by atoms with E-state index in [0.717, 1.165) is 22.2 Å². The standard InChI is InChI=1S/C25H18F2N2O4S/c26-18-7-5-16(6-8-18)15-33-21-4-2-1-3-17(21)13-22-24(31)29(25(32)34-22)14-23(30)28-20-11-9-19(27)10-12-20/h1-13H,14-15H2,(H,28,30)/b22-13-. The summed E-state index contributed by atoms with van der Waals surface area (Å²) in [5.41, 5.74) is 1.69. The number of ether oxygens (including phenoxy) is 1. The van der Waals surface area contributed by atoms with Crippen LogP contribution in [0.15, 0.2) is 77.7 Å². The van der Waals surface area contributed by atoms with Gasteiger partial charge < -0.3 is 10.1 Å². The van der Waals surface area contributed by atoms with Crippen LogP contribution in [0.25, 0.3) is 6.08 Å². The first-order valence-electron chi connectivity index (χ1n) is 10.2. The average molecular weight is 480 g/mol. The third kappa shape index (κ3) is 5.68. The fourth-order valence-electron chi connectivity index (χ4n) is 3.13. The van der Waals surface area contributed by atoms with Crippen molar-refractivity contribution in [2.24, 2.45) is 0 Å². The maximum Gasteiger partial charge on any atom is 0.294 e. The van der Waals surface area contributed by atoms with Crippen LogP contribution >= 0.6 is 11.8 Å². The van der Waals surface area contributed by atoms with Crippen molar-refractivity contribution >= 4 is 40.6 Å². The van der Waals surface area contributed by atoms with Gasteiger partial charge in [-0.3, -0.25) is 19.3 Å². The van der Waals surface area contributed by atoms with Crippen molar-refractivity contribution in [3.63, 3.8) is 0 Å². The number of para-hydroxylation sites is 1. The van der Waals surface area contributed by atoms with E-state index in [0.29, 0.717) is 17.0 Å². The molecule has 4 rings (SSSR count). The lowest BCUT2D eigenvalue weighted by atomic mass is 10.1. The van der Waals surface area contributed by atoms with E-state index in [9.17, 15) is 23.2 Å². The first kappa shape index (κ1) is 23.2. The molecule has 0 spiro atoms. The van der Waals surface area contributed by atoms with Crippen LogP contribution in [0.3, 0.4) is 0 Å². The average Bonchev–Trinajstić information content (AvgIpc) is 3.08. The van der Waals surface area contributed by atoms with Gasteiger partial charge in [0.15, 0.2) is 0 Å². The van der Waals surface area contributed by atoms with E-state index in [2.05, 4.69) is 5.32 Å². The molecule has 0 aliphatic carbocycles. The molecular formula is C25H18F2N2O4S. The van der Waals surface area contributed by atoms with Gasteiger partial charge in [-0.05, 0) is 65.9 Å². The van der Waals surface area contributed by atoms with E-state index in [1.54, 1.807) is 36.4 Å². The van der Waals surface area contributed by atoms with Gasteiger partial charge >= 0.3 is 0 Å². The molecule has 3 amide bonds. The summed E-state index contributed by atoms with van der Waals surface area (Å²) in [6.45, 7) is -0.279. The number of hydrogen-bond donors (Lipinski definition) is 1. The second-order valence-electron chi connectivity index (χ2n) is 7.28. The smallest absolute Gasteiger partial charge is 0.294 e. The lowest BCUT2D eigenvalue weighted by molar-refractivity contribution is -0.127. The van der Waals surface area contributed by atoms with Crippen LogP contribution in [0.5, 0.6) is 5.75 Å². The summed E-state index contributed by atoms with van der Waals surface area (Å²) in [5, 5.41) is 1.95. The fourth-order valence-corrected chi connectivity index (χ4v) is 3.96. The highest BCUT2D eigenvalue weighted by molar-refractivity contribution is 8.18. The predicted octanol–water partition coefficient (Wildman–Crippen LogP) is 5.22. The van der Waals surface area contributed by atoms with E-state index in [-0.39, 0.29) is 17.3 Å². The Morgan fingerprint density at radius 1 is 0.941 bits per heavy atom. The number of halogens is 2. The highest BCUT2D eigenvalue weighted by Gasteiger charge is 2.36. The molecule has 34 heavy (non-hydrogen) atoms. The molecule has 0 bridgehead atoms. The Morgan fingerprint density at radius 2 is 1.59 bits per heavy atom. The topological polar surface area (TPSA) is 75.7 Å². The maximum atomic E-state index is 13.1. The van der Waals surface area contributed by atoms with Crippen molar-refractivity contribution in [1.82, 2.24) is 4.90 Å². The third-order valence-electron chi connectivity index (χ3n) is 4.82. The molecule has 3 aromatic rings. The van der Waals surface area contributed by atoms with Gasteiger partial charge in [0.1, 0.15) is 30.5 Å². The van der Waals surface area contributed by atoms with E-state index < -0.39 is 29.4 Å². The molecule has 1 aliphatic rings. The molecule has 6 nitrogen and oxygen atoms in total. The zero-order chi connectivity index (χ0) is 24.1. The van der Waals surface area contributed by atoms with Gasteiger partial charge in [-0.1, -0.05) is 30.3 Å². The van der Waals surface area contributed by atoms with Crippen LogP contribution in [0.2, 0.25) is 0 Å². The minimum Gasteiger partial charge on any atom is -0.488 e. The molecule has 1 heterocycles. The largest absolute Gasteiger partial charge is 0.488 e. The number of thioether (sulfide) groups is 1. The SMILES string of the molecule is O=C(CN1C(=O)S/C(=C\c2ccccc2OCc2ccc(F)cc2)C1=O)Nc1ccc(F)cc1. The van der Waals surface area contributed by atoms with Gasteiger partial charge in [0, 0.05) is 11.3 Å². The molecule has 172 valence electrons. The molecule has 0 unspecified atom stereocenters. The van der Waals surface area contributed by atoms with E-state index >= 15 is 0 Å².